The average molecular weight is 406 g/mol. The van der Waals surface area contributed by atoms with E-state index in [0.717, 1.165) is 24.9 Å². The SMILES string of the molecule is CCCC[C@]1(C)CN(c2ccccc2)c2cc(SC)c(O)cc2S(=O)(=O)C1. The lowest BCUT2D eigenvalue weighted by Crippen LogP contribution is -2.35. The number of fused-ring (bicyclic) bond motifs is 1. The van der Waals surface area contributed by atoms with Crippen molar-refractivity contribution < 1.29 is 13.5 Å². The minimum atomic E-state index is -3.52. The Morgan fingerprint density at radius 1 is 1.22 bits per heavy atom. The molecule has 0 amide bonds. The summed E-state index contributed by atoms with van der Waals surface area (Å²) in [6, 6.07) is 13.1. The van der Waals surface area contributed by atoms with E-state index in [4.69, 9.17) is 0 Å². The molecule has 0 bridgehead atoms. The summed E-state index contributed by atoms with van der Waals surface area (Å²) in [6.07, 6.45) is 4.75. The molecule has 2 aromatic rings. The van der Waals surface area contributed by atoms with Crippen LogP contribution in [0.4, 0.5) is 11.4 Å². The van der Waals surface area contributed by atoms with Gasteiger partial charge < -0.3 is 10.0 Å². The molecule has 27 heavy (non-hydrogen) atoms. The van der Waals surface area contributed by atoms with Gasteiger partial charge in [0.2, 0.25) is 0 Å². The van der Waals surface area contributed by atoms with Crippen molar-refractivity contribution in [1.29, 1.82) is 0 Å². The second-order valence-electron chi connectivity index (χ2n) is 7.59. The first-order chi connectivity index (χ1) is 12.8. The van der Waals surface area contributed by atoms with E-state index in [0.29, 0.717) is 17.1 Å². The van der Waals surface area contributed by atoms with Crippen LogP contribution < -0.4 is 4.90 Å². The summed E-state index contributed by atoms with van der Waals surface area (Å²) < 4.78 is 26.5. The summed E-state index contributed by atoms with van der Waals surface area (Å²) in [5, 5.41) is 10.3. The van der Waals surface area contributed by atoms with Gasteiger partial charge in [0.15, 0.2) is 9.84 Å². The lowest BCUT2D eigenvalue weighted by atomic mass is 9.86. The normalized spacial score (nSPS) is 21.5. The molecule has 1 heterocycles. The van der Waals surface area contributed by atoms with Crippen LogP contribution in [0.5, 0.6) is 5.75 Å². The predicted molar refractivity (Wildman–Crippen MR) is 113 cm³/mol. The van der Waals surface area contributed by atoms with Gasteiger partial charge in [-0.05, 0) is 36.3 Å². The van der Waals surface area contributed by atoms with Crippen molar-refractivity contribution in [2.45, 2.75) is 42.9 Å². The molecule has 0 spiro atoms. The number of phenols is 1. The van der Waals surface area contributed by atoms with Crippen LogP contribution in [0.25, 0.3) is 0 Å². The van der Waals surface area contributed by atoms with Gasteiger partial charge in [0.05, 0.1) is 21.2 Å². The summed E-state index contributed by atoms with van der Waals surface area (Å²) in [7, 11) is -3.52. The van der Waals surface area contributed by atoms with Crippen molar-refractivity contribution in [3.05, 3.63) is 42.5 Å². The number of hydrogen-bond acceptors (Lipinski definition) is 5. The zero-order valence-electron chi connectivity index (χ0n) is 16.1. The van der Waals surface area contributed by atoms with Crippen LogP contribution in [-0.2, 0) is 9.84 Å². The summed E-state index contributed by atoms with van der Waals surface area (Å²) in [5.41, 5.74) is 1.26. The van der Waals surface area contributed by atoms with E-state index in [2.05, 4.69) is 18.7 Å². The summed E-state index contributed by atoms with van der Waals surface area (Å²) in [5.74, 6) is 0.115. The molecule has 0 aliphatic carbocycles. The van der Waals surface area contributed by atoms with Gasteiger partial charge >= 0.3 is 0 Å². The van der Waals surface area contributed by atoms with Gasteiger partial charge in [0, 0.05) is 18.3 Å². The minimum Gasteiger partial charge on any atom is -0.507 e. The molecule has 1 atom stereocenters. The van der Waals surface area contributed by atoms with Crippen molar-refractivity contribution in [1.82, 2.24) is 0 Å². The molecule has 1 aliphatic rings. The Balaban J connectivity index is 2.23. The Bertz CT molecular complexity index is 913. The van der Waals surface area contributed by atoms with Crippen LogP contribution in [0.2, 0.25) is 0 Å². The third-order valence-electron chi connectivity index (χ3n) is 5.17. The number of phenolic OH excluding ortho intramolecular Hbond substituents is 1. The van der Waals surface area contributed by atoms with Crippen LogP contribution in [0.1, 0.15) is 33.1 Å². The number of nitrogens with zero attached hydrogens (tertiary/aromatic N) is 1. The molecule has 0 fully saturated rings. The van der Waals surface area contributed by atoms with E-state index in [1.54, 1.807) is 0 Å². The minimum absolute atomic E-state index is 0.0231. The fraction of sp³-hybridized carbons (Fsp3) is 0.429. The first kappa shape index (κ1) is 20.1. The van der Waals surface area contributed by atoms with Crippen LogP contribution in [0.15, 0.2) is 52.3 Å². The summed E-state index contributed by atoms with van der Waals surface area (Å²) in [6.45, 7) is 4.82. The monoisotopic (exact) mass is 405 g/mol. The van der Waals surface area contributed by atoms with Crippen molar-refractivity contribution in [2.75, 3.05) is 23.5 Å². The Kier molecular flexibility index (Phi) is 5.77. The van der Waals surface area contributed by atoms with Gasteiger partial charge in [-0.3, -0.25) is 0 Å². The number of anilines is 2. The zero-order chi connectivity index (χ0) is 19.7. The molecule has 1 aliphatic heterocycles. The number of hydrogen-bond donors (Lipinski definition) is 1. The van der Waals surface area contributed by atoms with E-state index in [-0.39, 0.29) is 21.8 Å². The Labute approximate surface area is 166 Å². The van der Waals surface area contributed by atoms with Crippen LogP contribution in [0.3, 0.4) is 0 Å². The van der Waals surface area contributed by atoms with Crippen molar-refractivity contribution in [3.63, 3.8) is 0 Å². The van der Waals surface area contributed by atoms with Crippen LogP contribution in [0, 0.1) is 5.41 Å². The van der Waals surface area contributed by atoms with Gasteiger partial charge in [-0.2, -0.15) is 0 Å². The molecule has 146 valence electrons. The van der Waals surface area contributed by atoms with E-state index in [9.17, 15) is 13.5 Å². The predicted octanol–water partition coefficient (Wildman–Crippen LogP) is 5.24. The highest BCUT2D eigenvalue weighted by Gasteiger charge is 2.39. The molecule has 6 heteroatoms. The molecule has 1 N–H and O–H groups in total. The smallest absolute Gasteiger partial charge is 0.181 e. The van der Waals surface area contributed by atoms with Crippen molar-refractivity contribution >= 4 is 33.0 Å². The molecule has 3 rings (SSSR count). The van der Waals surface area contributed by atoms with Crippen molar-refractivity contribution in [3.8, 4) is 5.75 Å². The van der Waals surface area contributed by atoms with Crippen LogP contribution in [-0.4, -0.2) is 32.1 Å². The third kappa shape index (κ3) is 4.11. The third-order valence-corrected chi connectivity index (χ3v) is 8.01. The fourth-order valence-corrected chi connectivity index (χ4v) is 6.39. The van der Waals surface area contributed by atoms with Gasteiger partial charge in [-0.25, -0.2) is 8.42 Å². The van der Waals surface area contributed by atoms with Gasteiger partial charge in [-0.15, -0.1) is 11.8 Å². The lowest BCUT2D eigenvalue weighted by molar-refractivity contribution is 0.338. The standard InChI is InChI=1S/C21H27NO3S2/c1-4-5-11-21(2)14-22(16-9-7-6-8-10-16)17-12-19(26-3)18(23)13-20(17)27(24,25)15-21/h6-10,12-13,23H,4-5,11,14-15H2,1-3H3/t21-/m1/s1. The summed E-state index contributed by atoms with van der Waals surface area (Å²) >= 11 is 1.41. The number of thioether (sulfide) groups is 1. The number of para-hydroxylation sites is 1. The van der Waals surface area contributed by atoms with Gasteiger partial charge in [-0.1, -0.05) is 44.9 Å². The molecule has 0 aromatic heterocycles. The summed E-state index contributed by atoms with van der Waals surface area (Å²) in [4.78, 5) is 3.01. The Hall–Kier alpha value is -1.66. The number of benzene rings is 2. The maximum atomic E-state index is 13.3. The quantitative estimate of drug-likeness (QED) is 0.690. The first-order valence-corrected chi connectivity index (χ1v) is 12.1. The zero-order valence-corrected chi connectivity index (χ0v) is 17.7. The first-order valence-electron chi connectivity index (χ1n) is 9.26. The maximum absolute atomic E-state index is 13.3. The van der Waals surface area contributed by atoms with Crippen molar-refractivity contribution in [2.24, 2.45) is 5.41 Å². The largest absolute Gasteiger partial charge is 0.507 e. The van der Waals surface area contributed by atoms with Gasteiger partial charge in [0.25, 0.3) is 0 Å². The second-order valence-corrected chi connectivity index (χ2v) is 10.4. The van der Waals surface area contributed by atoms with Crippen LogP contribution >= 0.6 is 11.8 Å². The number of unbranched alkanes of at least 4 members (excludes halogenated alkanes) is 1. The highest BCUT2D eigenvalue weighted by atomic mass is 32.2. The van der Waals surface area contributed by atoms with E-state index >= 15 is 0 Å². The van der Waals surface area contributed by atoms with E-state index in [1.165, 1.54) is 17.8 Å². The molecular weight excluding hydrogens is 378 g/mol. The molecule has 0 unspecified atom stereocenters. The maximum Gasteiger partial charge on any atom is 0.181 e. The lowest BCUT2D eigenvalue weighted by Gasteiger charge is -2.34. The molecular formula is C21H27NO3S2. The average Bonchev–Trinajstić information content (AvgIpc) is 2.73. The number of rotatable bonds is 5. The fourth-order valence-electron chi connectivity index (χ4n) is 3.80. The number of aromatic hydroxyl groups is 1. The molecule has 0 saturated heterocycles. The highest BCUT2D eigenvalue weighted by molar-refractivity contribution is 7.98. The Morgan fingerprint density at radius 2 is 1.93 bits per heavy atom. The molecule has 2 aromatic carbocycles. The number of sulfone groups is 1. The van der Waals surface area contributed by atoms with E-state index in [1.807, 2.05) is 42.7 Å². The second kappa shape index (κ2) is 7.76. The Morgan fingerprint density at radius 3 is 2.56 bits per heavy atom. The molecule has 0 radical (unpaired) electrons. The highest BCUT2D eigenvalue weighted by Crippen LogP contribution is 2.45. The molecule has 0 saturated carbocycles. The van der Waals surface area contributed by atoms with E-state index < -0.39 is 9.84 Å². The molecule has 4 nitrogen and oxygen atoms in total. The van der Waals surface area contributed by atoms with Gasteiger partial charge in [0.1, 0.15) is 5.75 Å². The topological polar surface area (TPSA) is 57.6 Å².